The number of hydrogen-bond acceptors (Lipinski definition) is 6. The average Bonchev–Trinajstić information content (AvgIpc) is 2.87. The lowest BCUT2D eigenvalue weighted by Crippen LogP contribution is -2.31. The van der Waals surface area contributed by atoms with Gasteiger partial charge in [0.25, 0.3) is 5.91 Å². The van der Waals surface area contributed by atoms with Crippen LogP contribution in [0.4, 0.5) is 5.69 Å². The van der Waals surface area contributed by atoms with E-state index in [1.54, 1.807) is 50.4 Å². The maximum atomic E-state index is 12.7. The zero-order valence-electron chi connectivity index (χ0n) is 19.9. The van der Waals surface area contributed by atoms with E-state index < -0.39 is 24.5 Å². The van der Waals surface area contributed by atoms with Gasteiger partial charge in [-0.3, -0.25) is 9.59 Å². The molecule has 3 aromatic rings. The maximum Gasteiger partial charge on any atom is 0.340 e. The van der Waals surface area contributed by atoms with Crippen LogP contribution in [0.2, 0.25) is 0 Å². The van der Waals surface area contributed by atoms with Crippen molar-refractivity contribution in [1.29, 1.82) is 0 Å². The van der Waals surface area contributed by atoms with Crippen molar-refractivity contribution in [2.24, 2.45) is 0 Å². The maximum absolute atomic E-state index is 12.7. The lowest BCUT2D eigenvalue weighted by atomic mass is 10.1. The fourth-order valence-electron chi connectivity index (χ4n) is 3.49. The highest BCUT2D eigenvalue weighted by atomic mass is 16.5. The number of ether oxygens (including phenoxy) is 3. The number of benzene rings is 3. The number of carbonyl (C=O) groups is 3. The third-order valence-corrected chi connectivity index (χ3v) is 5.24. The van der Waals surface area contributed by atoms with Gasteiger partial charge in [0, 0.05) is 5.56 Å². The first-order valence-electron chi connectivity index (χ1n) is 11.0. The van der Waals surface area contributed by atoms with Crippen LogP contribution in [-0.4, -0.2) is 38.6 Å². The molecule has 2 N–H and O–H groups in total. The standard InChI is InChI=1S/C27H28N2O6/c1-18(22-16-20(33-2)13-14-24(22)34-3)28-26(31)17-35-27(32)21-11-7-8-12-23(21)29-25(30)15-19-9-5-4-6-10-19/h4-14,16,18H,15,17H2,1-3H3,(H,28,31)(H,29,30). The normalized spacial score (nSPS) is 11.2. The number of carbonyl (C=O) groups excluding carboxylic acids is 3. The molecule has 0 aliphatic rings. The molecule has 0 fully saturated rings. The third kappa shape index (κ3) is 7.07. The summed E-state index contributed by atoms with van der Waals surface area (Å²) >= 11 is 0. The second-order valence-corrected chi connectivity index (χ2v) is 7.73. The van der Waals surface area contributed by atoms with Crippen LogP contribution < -0.4 is 20.1 Å². The molecule has 0 spiro atoms. The minimum absolute atomic E-state index is 0.157. The van der Waals surface area contributed by atoms with E-state index in [1.807, 2.05) is 30.3 Å². The van der Waals surface area contributed by atoms with Crippen LogP contribution in [0.1, 0.15) is 34.5 Å². The Bertz CT molecular complexity index is 1180. The molecular weight excluding hydrogens is 448 g/mol. The SMILES string of the molecule is COc1ccc(OC)c(C(C)NC(=O)COC(=O)c2ccccc2NC(=O)Cc2ccccc2)c1. The van der Waals surface area contributed by atoms with Crippen molar-refractivity contribution in [1.82, 2.24) is 5.32 Å². The monoisotopic (exact) mass is 476 g/mol. The molecule has 0 aromatic heterocycles. The van der Waals surface area contributed by atoms with Gasteiger partial charge >= 0.3 is 5.97 Å². The molecule has 0 bridgehead atoms. The predicted octanol–water partition coefficient (Wildman–Crippen LogP) is 3.92. The quantitative estimate of drug-likeness (QED) is 0.430. The minimum Gasteiger partial charge on any atom is -0.497 e. The molecule has 1 unspecified atom stereocenters. The van der Waals surface area contributed by atoms with Gasteiger partial charge in [0.15, 0.2) is 6.61 Å². The molecule has 0 saturated carbocycles. The van der Waals surface area contributed by atoms with Crippen molar-refractivity contribution in [3.63, 3.8) is 0 Å². The number of amides is 2. The molecule has 0 radical (unpaired) electrons. The number of hydrogen-bond donors (Lipinski definition) is 2. The summed E-state index contributed by atoms with van der Waals surface area (Å²) < 4.78 is 15.8. The zero-order valence-corrected chi connectivity index (χ0v) is 19.9. The molecule has 3 rings (SSSR count). The Hall–Kier alpha value is -4.33. The summed E-state index contributed by atoms with van der Waals surface area (Å²) in [6.45, 7) is 1.30. The number of para-hydroxylation sites is 1. The number of methoxy groups -OCH3 is 2. The van der Waals surface area contributed by atoms with E-state index in [1.165, 1.54) is 13.2 Å². The zero-order chi connectivity index (χ0) is 25.2. The van der Waals surface area contributed by atoms with E-state index in [4.69, 9.17) is 14.2 Å². The Kier molecular flexibility index (Phi) is 8.83. The Labute approximate surface area is 204 Å². The molecule has 8 heteroatoms. The Morgan fingerprint density at radius 3 is 2.29 bits per heavy atom. The highest BCUT2D eigenvalue weighted by molar-refractivity contribution is 6.02. The first-order valence-corrected chi connectivity index (χ1v) is 11.0. The smallest absolute Gasteiger partial charge is 0.340 e. The first-order chi connectivity index (χ1) is 16.9. The molecule has 0 aliphatic heterocycles. The van der Waals surface area contributed by atoms with Gasteiger partial charge in [-0.05, 0) is 42.8 Å². The molecule has 35 heavy (non-hydrogen) atoms. The van der Waals surface area contributed by atoms with E-state index in [0.717, 1.165) is 11.1 Å². The van der Waals surface area contributed by atoms with Gasteiger partial charge < -0.3 is 24.8 Å². The van der Waals surface area contributed by atoms with Gasteiger partial charge in [0.1, 0.15) is 11.5 Å². The predicted molar refractivity (Wildman–Crippen MR) is 132 cm³/mol. The largest absolute Gasteiger partial charge is 0.497 e. The molecule has 3 aromatic carbocycles. The van der Waals surface area contributed by atoms with E-state index in [2.05, 4.69) is 10.6 Å². The molecule has 0 aliphatic carbocycles. The third-order valence-electron chi connectivity index (χ3n) is 5.24. The molecule has 0 saturated heterocycles. The molecule has 182 valence electrons. The van der Waals surface area contributed by atoms with Gasteiger partial charge in [0.2, 0.25) is 5.91 Å². The van der Waals surface area contributed by atoms with Gasteiger partial charge in [-0.1, -0.05) is 42.5 Å². The number of nitrogens with one attached hydrogen (secondary N) is 2. The van der Waals surface area contributed by atoms with Crippen LogP contribution in [0, 0.1) is 0 Å². The summed E-state index contributed by atoms with van der Waals surface area (Å²) in [5, 5.41) is 5.52. The fourth-order valence-corrected chi connectivity index (χ4v) is 3.49. The molecule has 2 amide bonds. The topological polar surface area (TPSA) is 103 Å². The minimum atomic E-state index is -0.720. The van der Waals surface area contributed by atoms with Gasteiger partial charge in [-0.15, -0.1) is 0 Å². The number of esters is 1. The van der Waals surface area contributed by atoms with Crippen molar-refractivity contribution in [2.75, 3.05) is 26.1 Å². The molecule has 8 nitrogen and oxygen atoms in total. The highest BCUT2D eigenvalue weighted by Crippen LogP contribution is 2.29. The molecule has 0 heterocycles. The average molecular weight is 477 g/mol. The summed E-state index contributed by atoms with van der Waals surface area (Å²) in [5.41, 5.74) is 2.04. The summed E-state index contributed by atoms with van der Waals surface area (Å²) in [4.78, 5) is 37.5. The second kappa shape index (κ2) is 12.2. The summed E-state index contributed by atoms with van der Waals surface area (Å²) in [7, 11) is 3.09. The highest BCUT2D eigenvalue weighted by Gasteiger charge is 2.19. The lowest BCUT2D eigenvalue weighted by molar-refractivity contribution is -0.124. The van der Waals surface area contributed by atoms with Crippen molar-refractivity contribution in [3.05, 3.63) is 89.5 Å². The van der Waals surface area contributed by atoms with Crippen LogP contribution in [0.3, 0.4) is 0 Å². The van der Waals surface area contributed by atoms with Crippen molar-refractivity contribution < 1.29 is 28.6 Å². The van der Waals surface area contributed by atoms with Crippen LogP contribution >= 0.6 is 0 Å². The Balaban J connectivity index is 1.59. The number of anilines is 1. The van der Waals surface area contributed by atoms with Gasteiger partial charge in [-0.2, -0.15) is 0 Å². The van der Waals surface area contributed by atoms with E-state index >= 15 is 0 Å². The van der Waals surface area contributed by atoms with Crippen LogP contribution in [0.25, 0.3) is 0 Å². The van der Waals surface area contributed by atoms with Gasteiger partial charge in [-0.25, -0.2) is 4.79 Å². The van der Waals surface area contributed by atoms with Crippen molar-refractivity contribution in [2.45, 2.75) is 19.4 Å². The van der Waals surface area contributed by atoms with Crippen LogP contribution in [0.15, 0.2) is 72.8 Å². The first kappa shape index (κ1) is 25.3. The van der Waals surface area contributed by atoms with Crippen molar-refractivity contribution in [3.8, 4) is 11.5 Å². The van der Waals surface area contributed by atoms with Crippen molar-refractivity contribution >= 4 is 23.5 Å². The van der Waals surface area contributed by atoms with E-state index in [9.17, 15) is 14.4 Å². The fraction of sp³-hybridized carbons (Fsp3) is 0.222. The van der Waals surface area contributed by atoms with Gasteiger partial charge in [0.05, 0.1) is 37.9 Å². The lowest BCUT2D eigenvalue weighted by Gasteiger charge is -2.18. The van der Waals surface area contributed by atoms with E-state index in [-0.39, 0.29) is 17.9 Å². The second-order valence-electron chi connectivity index (χ2n) is 7.73. The summed E-state index contributed by atoms with van der Waals surface area (Å²) in [5.74, 6) is -0.256. The number of rotatable bonds is 10. The summed E-state index contributed by atoms with van der Waals surface area (Å²) in [6.07, 6.45) is 0.165. The Morgan fingerprint density at radius 1 is 0.857 bits per heavy atom. The Morgan fingerprint density at radius 2 is 1.57 bits per heavy atom. The molecular formula is C27H28N2O6. The summed E-state index contributed by atoms with van der Waals surface area (Å²) in [6, 6.07) is 20.6. The van der Waals surface area contributed by atoms with Crippen LogP contribution in [0.5, 0.6) is 11.5 Å². The molecule has 1 atom stereocenters. The van der Waals surface area contributed by atoms with Crippen LogP contribution in [-0.2, 0) is 20.7 Å². The van der Waals surface area contributed by atoms with E-state index in [0.29, 0.717) is 17.2 Å².